The number of methoxy groups -OCH3 is 1. The normalized spacial score (nSPS) is 10.0. The standard InChI is InChI=1S/C15H11Cl2N3O4S/c1-24-13-5-2-8(16)6-10(13)14(21)19-15(25)18-12-4-3-9(20(22)23)7-11(12)17/h2-7H,1H3,(H2,18,19,21,25). The summed E-state index contributed by atoms with van der Waals surface area (Å²) in [6, 6.07) is 8.41. The number of nitro groups is 1. The Morgan fingerprint density at radius 1 is 1.24 bits per heavy atom. The summed E-state index contributed by atoms with van der Waals surface area (Å²) in [5.41, 5.74) is 0.360. The second-order valence-corrected chi connectivity index (χ2v) is 5.93. The van der Waals surface area contributed by atoms with Crippen molar-refractivity contribution in [3.63, 3.8) is 0 Å². The van der Waals surface area contributed by atoms with E-state index in [1.165, 1.54) is 31.4 Å². The Kier molecular flexibility index (Phi) is 6.13. The van der Waals surface area contributed by atoms with Crippen LogP contribution >= 0.6 is 35.4 Å². The van der Waals surface area contributed by atoms with Crippen LogP contribution in [-0.2, 0) is 0 Å². The van der Waals surface area contributed by atoms with Crippen LogP contribution in [0.4, 0.5) is 11.4 Å². The van der Waals surface area contributed by atoms with Gasteiger partial charge in [-0.15, -0.1) is 0 Å². The van der Waals surface area contributed by atoms with Crippen LogP contribution in [0, 0.1) is 10.1 Å². The minimum Gasteiger partial charge on any atom is -0.496 e. The van der Waals surface area contributed by atoms with E-state index < -0.39 is 10.8 Å². The first-order valence-electron chi connectivity index (χ1n) is 6.71. The van der Waals surface area contributed by atoms with E-state index in [1.54, 1.807) is 12.1 Å². The molecule has 0 aromatic heterocycles. The molecule has 0 saturated heterocycles. The van der Waals surface area contributed by atoms with Crippen molar-refractivity contribution in [2.75, 3.05) is 12.4 Å². The SMILES string of the molecule is COc1ccc(Cl)cc1C(=O)NC(=S)Nc1ccc([N+](=O)[O-])cc1Cl. The molecule has 0 aliphatic rings. The fourth-order valence-corrected chi connectivity index (χ4v) is 2.50. The van der Waals surface area contributed by atoms with Crippen molar-refractivity contribution in [3.8, 4) is 5.75 Å². The number of anilines is 1. The highest BCUT2D eigenvalue weighted by Crippen LogP contribution is 2.27. The molecule has 25 heavy (non-hydrogen) atoms. The quantitative estimate of drug-likeness (QED) is 0.457. The number of carbonyl (C=O) groups is 1. The van der Waals surface area contributed by atoms with E-state index in [0.717, 1.165) is 0 Å². The number of ether oxygens (including phenoxy) is 1. The third kappa shape index (κ3) is 4.79. The molecule has 2 aromatic rings. The smallest absolute Gasteiger partial charge is 0.271 e. The third-order valence-electron chi connectivity index (χ3n) is 3.04. The molecule has 2 rings (SSSR count). The van der Waals surface area contributed by atoms with Crippen LogP contribution in [0.3, 0.4) is 0 Å². The zero-order chi connectivity index (χ0) is 18.6. The number of hydrogen-bond acceptors (Lipinski definition) is 5. The number of halogens is 2. The van der Waals surface area contributed by atoms with Gasteiger partial charge in [0, 0.05) is 17.2 Å². The molecule has 0 unspecified atom stereocenters. The van der Waals surface area contributed by atoms with E-state index in [-0.39, 0.29) is 21.4 Å². The molecule has 0 atom stereocenters. The van der Waals surface area contributed by atoms with Gasteiger partial charge in [0.1, 0.15) is 5.75 Å². The van der Waals surface area contributed by atoms with E-state index in [2.05, 4.69) is 10.6 Å². The summed E-state index contributed by atoms with van der Waals surface area (Å²) in [7, 11) is 1.42. The average Bonchev–Trinajstić information content (AvgIpc) is 2.56. The molecule has 2 N–H and O–H groups in total. The number of nitrogens with one attached hydrogen (secondary N) is 2. The Labute approximate surface area is 158 Å². The summed E-state index contributed by atoms with van der Waals surface area (Å²) in [6.07, 6.45) is 0. The van der Waals surface area contributed by atoms with Crippen molar-refractivity contribution in [2.24, 2.45) is 0 Å². The highest BCUT2D eigenvalue weighted by molar-refractivity contribution is 7.80. The summed E-state index contributed by atoms with van der Waals surface area (Å²) in [4.78, 5) is 22.4. The molecule has 7 nitrogen and oxygen atoms in total. The van der Waals surface area contributed by atoms with Gasteiger partial charge in [0.15, 0.2) is 5.11 Å². The lowest BCUT2D eigenvalue weighted by Crippen LogP contribution is -2.34. The van der Waals surface area contributed by atoms with Crippen molar-refractivity contribution in [1.82, 2.24) is 5.32 Å². The number of amides is 1. The first-order valence-corrected chi connectivity index (χ1v) is 7.88. The van der Waals surface area contributed by atoms with E-state index in [0.29, 0.717) is 16.5 Å². The molecule has 0 spiro atoms. The number of rotatable bonds is 4. The van der Waals surface area contributed by atoms with Gasteiger partial charge in [0.05, 0.1) is 28.3 Å². The second kappa shape index (κ2) is 8.11. The minimum absolute atomic E-state index is 0.0391. The van der Waals surface area contributed by atoms with Gasteiger partial charge in [-0.1, -0.05) is 23.2 Å². The lowest BCUT2D eigenvalue weighted by atomic mass is 10.2. The fourth-order valence-electron chi connectivity index (χ4n) is 1.90. The number of nitro benzene ring substituents is 1. The minimum atomic E-state index is -0.568. The summed E-state index contributed by atoms with van der Waals surface area (Å²) in [6.45, 7) is 0. The number of thiocarbonyl (C=S) groups is 1. The zero-order valence-corrected chi connectivity index (χ0v) is 15.0. The summed E-state index contributed by atoms with van der Waals surface area (Å²) < 4.78 is 5.11. The van der Waals surface area contributed by atoms with Gasteiger partial charge >= 0.3 is 0 Å². The van der Waals surface area contributed by atoms with Crippen molar-refractivity contribution in [1.29, 1.82) is 0 Å². The Morgan fingerprint density at radius 2 is 1.96 bits per heavy atom. The monoisotopic (exact) mass is 399 g/mol. The molecule has 1 amide bonds. The maximum atomic E-state index is 12.3. The van der Waals surface area contributed by atoms with Gasteiger partial charge in [0.25, 0.3) is 11.6 Å². The van der Waals surface area contributed by atoms with Crippen molar-refractivity contribution in [3.05, 3.63) is 62.1 Å². The van der Waals surface area contributed by atoms with Crippen LogP contribution in [0.1, 0.15) is 10.4 Å². The Morgan fingerprint density at radius 3 is 2.56 bits per heavy atom. The maximum Gasteiger partial charge on any atom is 0.271 e. The molecule has 0 fully saturated rings. The van der Waals surface area contributed by atoms with Crippen LogP contribution in [-0.4, -0.2) is 23.1 Å². The number of non-ortho nitro benzene ring substituents is 1. The molecule has 0 radical (unpaired) electrons. The molecule has 0 aliphatic carbocycles. The molecule has 0 heterocycles. The van der Waals surface area contributed by atoms with Gasteiger partial charge in [-0.25, -0.2) is 0 Å². The molecular formula is C15H11Cl2N3O4S. The first-order chi connectivity index (χ1) is 11.8. The summed E-state index contributed by atoms with van der Waals surface area (Å²) in [5.74, 6) is -0.201. The van der Waals surface area contributed by atoms with E-state index in [1.807, 2.05) is 0 Å². The van der Waals surface area contributed by atoms with E-state index in [4.69, 9.17) is 40.2 Å². The predicted molar refractivity (Wildman–Crippen MR) is 99.8 cm³/mol. The number of hydrogen-bond donors (Lipinski definition) is 2. The summed E-state index contributed by atoms with van der Waals surface area (Å²) >= 11 is 16.9. The van der Waals surface area contributed by atoms with Crippen LogP contribution < -0.4 is 15.4 Å². The Balaban J connectivity index is 2.11. The third-order valence-corrected chi connectivity index (χ3v) is 3.80. The van der Waals surface area contributed by atoms with Crippen LogP contribution in [0.15, 0.2) is 36.4 Å². The molecule has 0 aliphatic heterocycles. The lowest BCUT2D eigenvalue weighted by molar-refractivity contribution is -0.384. The zero-order valence-electron chi connectivity index (χ0n) is 12.7. The lowest BCUT2D eigenvalue weighted by Gasteiger charge is -2.12. The van der Waals surface area contributed by atoms with Gasteiger partial charge in [-0.2, -0.15) is 0 Å². The van der Waals surface area contributed by atoms with Crippen LogP contribution in [0.2, 0.25) is 10.0 Å². The highest BCUT2D eigenvalue weighted by atomic mass is 35.5. The number of benzene rings is 2. The average molecular weight is 400 g/mol. The van der Waals surface area contributed by atoms with Gasteiger partial charge < -0.3 is 10.1 Å². The van der Waals surface area contributed by atoms with Crippen molar-refractivity contribution < 1.29 is 14.5 Å². The molecule has 2 aromatic carbocycles. The number of carbonyl (C=O) groups excluding carboxylic acids is 1. The van der Waals surface area contributed by atoms with Crippen molar-refractivity contribution >= 4 is 57.8 Å². The predicted octanol–water partition coefficient (Wildman–Crippen LogP) is 4.04. The molecule has 10 heteroatoms. The highest BCUT2D eigenvalue weighted by Gasteiger charge is 2.15. The molecule has 0 saturated carbocycles. The van der Waals surface area contributed by atoms with Gasteiger partial charge in [0.2, 0.25) is 0 Å². The second-order valence-electron chi connectivity index (χ2n) is 4.67. The first kappa shape index (κ1) is 18.9. The van der Waals surface area contributed by atoms with Crippen molar-refractivity contribution in [2.45, 2.75) is 0 Å². The maximum absolute atomic E-state index is 12.3. The fraction of sp³-hybridized carbons (Fsp3) is 0.0667. The largest absolute Gasteiger partial charge is 0.496 e. The van der Waals surface area contributed by atoms with Gasteiger partial charge in [-0.05, 0) is 36.5 Å². The molecule has 130 valence electrons. The molecule has 0 bridgehead atoms. The van der Waals surface area contributed by atoms with E-state index >= 15 is 0 Å². The topological polar surface area (TPSA) is 93.5 Å². The summed E-state index contributed by atoms with van der Waals surface area (Å²) in [5, 5.41) is 16.3. The van der Waals surface area contributed by atoms with E-state index in [9.17, 15) is 14.9 Å². The van der Waals surface area contributed by atoms with Crippen LogP contribution in [0.5, 0.6) is 5.75 Å². The Hall–Kier alpha value is -2.42. The van der Waals surface area contributed by atoms with Crippen LogP contribution in [0.25, 0.3) is 0 Å². The number of nitrogens with zero attached hydrogens (tertiary/aromatic N) is 1. The Bertz CT molecular complexity index is 861. The van der Waals surface area contributed by atoms with Gasteiger partial charge in [-0.3, -0.25) is 20.2 Å². The molecular weight excluding hydrogens is 389 g/mol.